The van der Waals surface area contributed by atoms with Crippen molar-refractivity contribution in [1.82, 2.24) is 0 Å². The van der Waals surface area contributed by atoms with Gasteiger partial charge in [-0.25, -0.2) is 0 Å². The molecule has 82 valence electrons. The summed E-state index contributed by atoms with van der Waals surface area (Å²) in [6, 6.07) is 1.98. The van der Waals surface area contributed by atoms with Gasteiger partial charge in [0.15, 0.2) is 0 Å². The molecule has 0 atom stereocenters. The van der Waals surface area contributed by atoms with Crippen LogP contribution < -0.4 is 0 Å². The third-order valence-electron chi connectivity index (χ3n) is 1.96. The van der Waals surface area contributed by atoms with Crippen LogP contribution in [0.2, 0.25) is 0 Å². The number of methoxy groups -OCH3 is 1. The molecule has 0 aliphatic carbocycles. The molecule has 0 amide bonds. The number of rotatable bonds is 3. The normalized spacial score (nSPS) is 11.5. The van der Waals surface area contributed by atoms with Crippen LogP contribution in [0.25, 0.3) is 0 Å². The van der Waals surface area contributed by atoms with E-state index in [2.05, 4.69) is 13.8 Å². The first-order valence-electron chi connectivity index (χ1n) is 4.45. The van der Waals surface area contributed by atoms with E-state index in [-0.39, 0.29) is 9.40 Å². The predicted molar refractivity (Wildman–Crippen MR) is 67.6 cm³/mol. The first-order chi connectivity index (χ1) is 6.90. The summed E-state index contributed by atoms with van der Waals surface area (Å²) in [4.78, 5) is 12.1. The molecule has 0 saturated carbocycles. The molecule has 2 nitrogen and oxygen atoms in total. The molecule has 5 heteroatoms. The number of esters is 1. The summed E-state index contributed by atoms with van der Waals surface area (Å²) in [6.07, 6.45) is 2.04. The Morgan fingerprint density at radius 3 is 2.53 bits per heavy atom. The number of carbonyl (C=O) groups excluding carboxylic acids is 1. The van der Waals surface area contributed by atoms with E-state index in [1.54, 1.807) is 11.8 Å². The van der Waals surface area contributed by atoms with E-state index in [9.17, 15) is 4.79 Å². The van der Waals surface area contributed by atoms with Gasteiger partial charge >= 0.3 is 112 Å². The van der Waals surface area contributed by atoms with Crippen molar-refractivity contribution in [2.45, 2.75) is 21.5 Å². The van der Waals surface area contributed by atoms with Crippen LogP contribution in [0.5, 0.6) is 0 Å². The van der Waals surface area contributed by atoms with Gasteiger partial charge in [0.2, 0.25) is 0 Å². The van der Waals surface area contributed by atoms with Crippen molar-refractivity contribution >= 4 is 51.6 Å². The van der Waals surface area contributed by atoms with E-state index in [0.29, 0.717) is 4.88 Å². The van der Waals surface area contributed by atoms with Crippen molar-refractivity contribution in [3.05, 3.63) is 16.5 Å². The zero-order chi connectivity index (χ0) is 11.6. The Hall–Kier alpha value is 0.319. The average molecular weight is 349 g/mol. The number of ether oxygens (including phenoxy) is 1. The fourth-order valence-corrected chi connectivity index (χ4v) is 4.54. The monoisotopic (exact) mass is 350 g/mol. The molecule has 0 spiro atoms. The van der Waals surface area contributed by atoms with Gasteiger partial charge in [0.1, 0.15) is 0 Å². The fourth-order valence-electron chi connectivity index (χ4n) is 1.18. The van der Waals surface area contributed by atoms with Crippen LogP contribution in [0.15, 0.2) is 10.3 Å². The summed E-state index contributed by atoms with van der Waals surface area (Å²) in [5, 5.41) is 0. The molecule has 1 aromatic heterocycles. The minimum absolute atomic E-state index is 0.201. The van der Waals surface area contributed by atoms with Crippen LogP contribution in [-0.2, 0) is 8.17 Å². The zero-order valence-corrected chi connectivity index (χ0v) is 14.2. The van der Waals surface area contributed by atoms with Crippen LogP contribution in [0.4, 0.5) is 0 Å². The Balaban J connectivity index is 3.17. The number of thioether (sulfide) groups is 1. The fraction of sp³-hybridized carbons (Fsp3) is 0.500. The van der Waals surface area contributed by atoms with Gasteiger partial charge in [-0.2, -0.15) is 0 Å². The van der Waals surface area contributed by atoms with Crippen molar-refractivity contribution < 1.29 is 9.53 Å². The maximum atomic E-state index is 11.4. The van der Waals surface area contributed by atoms with Crippen molar-refractivity contribution in [1.29, 1.82) is 0 Å². The number of hydrogen-bond acceptors (Lipinski definition) is 4. The van der Waals surface area contributed by atoms with Gasteiger partial charge in [-0.05, 0) is 0 Å². The predicted octanol–water partition coefficient (Wildman–Crippen LogP) is 2.39. The molecule has 0 N–H and O–H groups in total. The van der Waals surface area contributed by atoms with E-state index in [0.717, 1.165) is 22.5 Å². The van der Waals surface area contributed by atoms with Crippen LogP contribution in [0.3, 0.4) is 0 Å². The standard InChI is InChI=1S/C10H13O2S2.Sn.H/c1-6(2)7-5-8(9(11)12-3)14-10(7)13-4;;/h5H,1-4H3;;. The molecule has 0 aliphatic heterocycles. The molecule has 0 aromatic carbocycles. The molecular weight excluding hydrogens is 335 g/mol. The van der Waals surface area contributed by atoms with Crippen LogP contribution >= 0.6 is 23.1 Å². The van der Waals surface area contributed by atoms with Crippen molar-refractivity contribution in [2.75, 3.05) is 13.4 Å². The molecule has 1 heterocycles. The van der Waals surface area contributed by atoms with Crippen LogP contribution in [-0.4, -0.2) is 41.9 Å². The third kappa shape index (κ3) is 3.14. The van der Waals surface area contributed by atoms with Gasteiger partial charge in [-0.3, -0.25) is 0 Å². The van der Waals surface area contributed by atoms with E-state index < -0.39 is 0 Å². The third-order valence-corrected chi connectivity index (χ3v) is 5.10. The Labute approximate surface area is 112 Å². The Bertz CT molecular complexity index is 366. The first-order valence-corrected chi connectivity index (χ1v) is 8.14. The molecule has 15 heavy (non-hydrogen) atoms. The van der Waals surface area contributed by atoms with Crippen LogP contribution in [0.1, 0.15) is 29.1 Å². The summed E-state index contributed by atoms with van der Waals surface area (Å²) >= 11 is 4.37. The van der Waals surface area contributed by atoms with Crippen molar-refractivity contribution in [3.8, 4) is 0 Å². The molecule has 0 bridgehead atoms. The van der Waals surface area contributed by atoms with Gasteiger partial charge in [-0.1, -0.05) is 0 Å². The van der Waals surface area contributed by atoms with Gasteiger partial charge in [0, 0.05) is 0 Å². The SMILES string of the molecule is COC(=O)c1cc([C](C)(C)[SnH])c(SC)s1. The van der Waals surface area contributed by atoms with Gasteiger partial charge in [-0.15, -0.1) is 0 Å². The van der Waals surface area contributed by atoms with E-state index >= 15 is 0 Å². The second kappa shape index (κ2) is 5.10. The second-order valence-electron chi connectivity index (χ2n) is 3.73. The number of carbonyl (C=O) groups is 1. The average Bonchev–Trinajstić information content (AvgIpc) is 2.59. The second-order valence-corrected chi connectivity index (χ2v) is 9.98. The molecule has 0 saturated heterocycles. The summed E-state index contributed by atoms with van der Waals surface area (Å²) in [6.45, 7) is 4.41. The van der Waals surface area contributed by atoms with Gasteiger partial charge < -0.3 is 0 Å². The zero-order valence-electron chi connectivity index (χ0n) is 9.29. The molecule has 0 unspecified atom stereocenters. The van der Waals surface area contributed by atoms with Gasteiger partial charge in [0.25, 0.3) is 0 Å². The Morgan fingerprint density at radius 2 is 2.20 bits per heavy atom. The maximum absolute atomic E-state index is 11.4. The summed E-state index contributed by atoms with van der Waals surface area (Å²) in [5.74, 6) is -0.230. The molecule has 1 rings (SSSR count). The molecular formula is C10H14O2S2Sn. The van der Waals surface area contributed by atoms with E-state index in [1.807, 2.05) is 12.3 Å². The Morgan fingerprint density at radius 1 is 1.60 bits per heavy atom. The van der Waals surface area contributed by atoms with E-state index in [4.69, 9.17) is 4.74 Å². The Kier molecular flexibility index (Phi) is 4.55. The molecule has 0 fully saturated rings. The summed E-state index contributed by atoms with van der Waals surface area (Å²) in [7, 11) is 1.42. The minimum atomic E-state index is -0.230. The van der Waals surface area contributed by atoms with Crippen LogP contribution in [0, 0.1) is 0 Å². The van der Waals surface area contributed by atoms with Crippen molar-refractivity contribution in [2.24, 2.45) is 0 Å². The first kappa shape index (κ1) is 13.4. The summed E-state index contributed by atoms with van der Waals surface area (Å²) < 4.78 is 6.16. The molecule has 2 radical (unpaired) electrons. The number of hydrogen-bond donors (Lipinski definition) is 0. The quantitative estimate of drug-likeness (QED) is 0.476. The van der Waals surface area contributed by atoms with Crippen molar-refractivity contribution in [3.63, 3.8) is 0 Å². The summed E-state index contributed by atoms with van der Waals surface area (Å²) in [5.41, 5.74) is 1.28. The molecule has 1 aromatic rings. The number of thiophene rings is 1. The van der Waals surface area contributed by atoms with E-state index in [1.165, 1.54) is 28.2 Å². The molecule has 0 aliphatic rings. The topological polar surface area (TPSA) is 26.3 Å². The van der Waals surface area contributed by atoms with Gasteiger partial charge in [0.05, 0.1) is 0 Å².